The lowest BCUT2D eigenvalue weighted by molar-refractivity contribution is 0.0222. The van der Waals surface area contributed by atoms with Crippen molar-refractivity contribution >= 4 is 5.97 Å². The third-order valence-electron chi connectivity index (χ3n) is 2.38. The van der Waals surface area contributed by atoms with Gasteiger partial charge in [0.25, 0.3) is 0 Å². The molecule has 0 aliphatic rings. The Bertz CT molecular complexity index is 327. The Hall–Kier alpha value is -1.29. The largest absolute Gasteiger partial charge is 0.475 e. The minimum atomic E-state index is -1.06. The number of ether oxygens (including phenoxy) is 1. The summed E-state index contributed by atoms with van der Waals surface area (Å²) in [4.78, 5) is 10.7. The highest BCUT2D eigenvalue weighted by atomic mass is 16.5. The number of rotatable bonds is 5. The lowest BCUT2D eigenvalue weighted by atomic mass is 10.1. The molecule has 0 saturated carbocycles. The third-order valence-corrected chi connectivity index (χ3v) is 2.38. The monoisotopic (exact) mass is 212 g/mol. The fourth-order valence-corrected chi connectivity index (χ4v) is 1.05. The van der Waals surface area contributed by atoms with E-state index in [0.717, 1.165) is 0 Å². The van der Waals surface area contributed by atoms with E-state index < -0.39 is 5.97 Å². The van der Waals surface area contributed by atoms with Gasteiger partial charge in [0, 0.05) is 5.56 Å². The van der Waals surface area contributed by atoms with E-state index in [1.54, 1.807) is 6.07 Å². The molecule has 0 saturated heterocycles. The summed E-state index contributed by atoms with van der Waals surface area (Å²) in [6.45, 7) is 6.35. The van der Waals surface area contributed by atoms with Crippen LogP contribution >= 0.6 is 0 Å². The number of hydrogen-bond donors (Lipinski definition) is 1. The molecule has 1 rings (SSSR count). The number of carboxylic acid groups (broad SMARTS) is 1. The van der Waals surface area contributed by atoms with Gasteiger partial charge in [-0.1, -0.05) is 13.8 Å². The van der Waals surface area contributed by atoms with Crippen LogP contribution in [0.1, 0.15) is 36.9 Å². The Kier molecular flexibility index (Phi) is 3.91. The van der Waals surface area contributed by atoms with Gasteiger partial charge >= 0.3 is 5.97 Å². The average molecular weight is 212 g/mol. The molecular formula is C11H16O4. The van der Waals surface area contributed by atoms with Crippen LogP contribution in [-0.2, 0) is 11.3 Å². The Balaban J connectivity index is 2.58. The number of hydrogen-bond acceptors (Lipinski definition) is 3. The zero-order valence-electron chi connectivity index (χ0n) is 9.19. The molecule has 4 nitrogen and oxygen atoms in total. The normalized spacial score (nSPS) is 13.1. The maximum absolute atomic E-state index is 10.7. The smallest absolute Gasteiger partial charge is 0.372 e. The maximum atomic E-state index is 10.7. The first kappa shape index (κ1) is 11.8. The molecule has 0 spiro atoms. The van der Waals surface area contributed by atoms with Crippen molar-refractivity contribution in [2.75, 3.05) is 0 Å². The molecule has 1 unspecified atom stereocenters. The van der Waals surface area contributed by atoms with Crippen LogP contribution in [0.15, 0.2) is 16.7 Å². The van der Waals surface area contributed by atoms with Crippen molar-refractivity contribution in [2.24, 2.45) is 5.92 Å². The molecular weight excluding hydrogens is 196 g/mol. The van der Waals surface area contributed by atoms with Gasteiger partial charge in [-0.05, 0) is 18.9 Å². The molecule has 0 fully saturated rings. The van der Waals surface area contributed by atoms with Crippen molar-refractivity contribution in [3.63, 3.8) is 0 Å². The minimum absolute atomic E-state index is 0.0362. The second-order valence-corrected chi connectivity index (χ2v) is 3.84. The fraction of sp³-hybridized carbons (Fsp3) is 0.545. The van der Waals surface area contributed by atoms with Gasteiger partial charge in [0.15, 0.2) is 0 Å². The van der Waals surface area contributed by atoms with Gasteiger partial charge in [0.2, 0.25) is 5.76 Å². The number of furan rings is 1. The number of carbonyl (C=O) groups is 1. The summed E-state index contributed by atoms with van der Waals surface area (Å²) in [5.41, 5.74) is 0.579. The second kappa shape index (κ2) is 4.98. The zero-order chi connectivity index (χ0) is 11.4. The Labute approximate surface area is 88.8 Å². The molecule has 1 aromatic rings. The molecule has 4 heteroatoms. The molecule has 15 heavy (non-hydrogen) atoms. The Morgan fingerprint density at radius 3 is 2.73 bits per heavy atom. The predicted molar refractivity (Wildman–Crippen MR) is 54.8 cm³/mol. The molecule has 0 amide bonds. The maximum Gasteiger partial charge on any atom is 0.372 e. The van der Waals surface area contributed by atoms with Crippen LogP contribution in [0.4, 0.5) is 0 Å². The summed E-state index contributed by atoms with van der Waals surface area (Å²) in [6.07, 6.45) is 1.46. The van der Waals surface area contributed by atoms with E-state index in [1.807, 2.05) is 6.92 Å². The third kappa shape index (κ3) is 3.09. The molecule has 1 atom stereocenters. The van der Waals surface area contributed by atoms with E-state index in [-0.39, 0.29) is 18.5 Å². The van der Waals surface area contributed by atoms with E-state index in [0.29, 0.717) is 11.5 Å². The Morgan fingerprint density at radius 1 is 1.53 bits per heavy atom. The Morgan fingerprint density at radius 2 is 2.20 bits per heavy atom. The van der Waals surface area contributed by atoms with Gasteiger partial charge in [-0.3, -0.25) is 0 Å². The zero-order valence-corrected chi connectivity index (χ0v) is 9.19. The van der Waals surface area contributed by atoms with Crippen molar-refractivity contribution in [3.8, 4) is 0 Å². The molecule has 84 valence electrons. The molecule has 1 heterocycles. The van der Waals surface area contributed by atoms with Crippen molar-refractivity contribution < 1.29 is 19.1 Å². The van der Waals surface area contributed by atoms with Crippen molar-refractivity contribution in [2.45, 2.75) is 33.5 Å². The first-order chi connectivity index (χ1) is 7.02. The van der Waals surface area contributed by atoms with Crippen LogP contribution in [0.3, 0.4) is 0 Å². The highest BCUT2D eigenvalue weighted by Gasteiger charge is 2.15. The lowest BCUT2D eigenvalue weighted by Crippen LogP contribution is -2.15. The molecule has 0 bridgehead atoms. The average Bonchev–Trinajstić information content (AvgIpc) is 2.61. The summed E-state index contributed by atoms with van der Waals surface area (Å²) >= 11 is 0. The van der Waals surface area contributed by atoms with Crippen molar-refractivity contribution in [1.29, 1.82) is 0 Å². The van der Waals surface area contributed by atoms with E-state index in [9.17, 15) is 4.79 Å². The quantitative estimate of drug-likeness (QED) is 0.814. The van der Waals surface area contributed by atoms with E-state index >= 15 is 0 Å². The van der Waals surface area contributed by atoms with Gasteiger partial charge in [-0.25, -0.2) is 4.79 Å². The van der Waals surface area contributed by atoms with E-state index in [2.05, 4.69) is 13.8 Å². The molecule has 1 aromatic heterocycles. The first-order valence-corrected chi connectivity index (χ1v) is 4.93. The minimum Gasteiger partial charge on any atom is -0.475 e. The second-order valence-electron chi connectivity index (χ2n) is 3.84. The standard InChI is InChI=1S/C11H16O4/c1-7(2)8(3)15-6-9-4-5-14-10(9)11(12)13/h4-5,7-8H,6H2,1-3H3,(H,12,13). The van der Waals surface area contributed by atoms with Crippen LogP contribution in [0.25, 0.3) is 0 Å². The fourth-order valence-electron chi connectivity index (χ4n) is 1.05. The van der Waals surface area contributed by atoms with Gasteiger partial charge in [0.05, 0.1) is 19.0 Å². The highest BCUT2D eigenvalue weighted by Crippen LogP contribution is 2.14. The molecule has 1 N–H and O–H groups in total. The molecule has 0 radical (unpaired) electrons. The summed E-state index contributed by atoms with van der Waals surface area (Å²) in [7, 11) is 0. The predicted octanol–water partition coefficient (Wildman–Crippen LogP) is 2.54. The van der Waals surface area contributed by atoms with Crippen molar-refractivity contribution in [1.82, 2.24) is 0 Å². The number of aromatic carboxylic acids is 1. The summed E-state index contributed by atoms with van der Waals surface area (Å²) < 4.78 is 10.4. The van der Waals surface area contributed by atoms with Crippen LogP contribution in [-0.4, -0.2) is 17.2 Å². The summed E-state index contributed by atoms with van der Waals surface area (Å²) in [6, 6.07) is 1.62. The van der Waals surface area contributed by atoms with Crippen LogP contribution < -0.4 is 0 Å². The summed E-state index contributed by atoms with van der Waals surface area (Å²) in [5, 5.41) is 8.78. The van der Waals surface area contributed by atoms with Gasteiger partial charge in [0.1, 0.15) is 0 Å². The number of carboxylic acids is 1. The first-order valence-electron chi connectivity index (χ1n) is 4.93. The van der Waals surface area contributed by atoms with E-state index in [1.165, 1.54) is 6.26 Å². The van der Waals surface area contributed by atoms with Gasteiger partial charge < -0.3 is 14.3 Å². The summed E-state index contributed by atoms with van der Waals surface area (Å²) in [5.74, 6) is -0.688. The molecule has 0 aliphatic heterocycles. The lowest BCUT2D eigenvalue weighted by Gasteiger charge is -2.15. The van der Waals surface area contributed by atoms with Gasteiger partial charge in [-0.2, -0.15) is 0 Å². The van der Waals surface area contributed by atoms with Crippen LogP contribution in [0, 0.1) is 5.92 Å². The molecule has 0 aromatic carbocycles. The SMILES string of the molecule is CC(C)C(C)OCc1ccoc1C(=O)O. The molecule has 0 aliphatic carbocycles. The van der Waals surface area contributed by atoms with Crippen molar-refractivity contribution in [3.05, 3.63) is 23.7 Å². The van der Waals surface area contributed by atoms with Crippen LogP contribution in [0.2, 0.25) is 0 Å². The van der Waals surface area contributed by atoms with Gasteiger partial charge in [-0.15, -0.1) is 0 Å². The highest BCUT2D eigenvalue weighted by molar-refractivity contribution is 5.85. The van der Waals surface area contributed by atoms with E-state index in [4.69, 9.17) is 14.3 Å². The topological polar surface area (TPSA) is 59.7 Å². The van der Waals surface area contributed by atoms with Crippen LogP contribution in [0.5, 0.6) is 0 Å².